The Balaban J connectivity index is 2.02. The van der Waals surface area contributed by atoms with Gasteiger partial charge in [0.05, 0.1) is 18.4 Å². The molecule has 0 aliphatic heterocycles. The molecular weight excluding hydrogens is 356 g/mol. The lowest BCUT2D eigenvalue weighted by Crippen LogP contribution is -2.26. The summed E-state index contributed by atoms with van der Waals surface area (Å²) in [5.74, 6) is -1.67. The van der Waals surface area contributed by atoms with E-state index in [1.54, 1.807) is 6.92 Å². The molecule has 2 aromatic carbocycles. The van der Waals surface area contributed by atoms with Crippen molar-refractivity contribution in [3.8, 4) is 11.6 Å². The summed E-state index contributed by atoms with van der Waals surface area (Å²) >= 11 is 0. The van der Waals surface area contributed by atoms with Gasteiger partial charge in [-0.3, -0.25) is 9.59 Å². The van der Waals surface area contributed by atoms with Gasteiger partial charge in [0.15, 0.2) is 5.69 Å². The maximum absolute atomic E-state index is 13.3. The van der Waals surface area contributed by atoms with Crippen molar-refractivity contribution in [3.05, 3.63) is 82.1 Å². The van der Waals surface area contributed by atoms with Crippen LogP contribution in [0.5, 0.6) is 5.88 Å². The van der Waals surface area contributed by atoms with Crippen molar-refractivity contribution < 1.29 is 18.3 Å². The number of carbonyl (C=O) groups excluding carboxylic acids is 1. The fourth-order valence-electron chi connectivity index (χ4n) is 2.37. The molecule has 1 heterocycles. The summed E-state index contributed by atoms with van der Waals surface area (Å²) in [6, 6.07) is 11.7. The quantitative estimate of drug-likeness (QED) is 0.748. The zero-order valence-corrected chi connectivity index (χ0v) is 14.3. The predicted octanol–water partition coefficient (Wildman–Crippen LogP) is 3.16. The molecule has 0 bridgehead atoms. The third-order valence-electron chi connectivity index (χ3n) is 3.56. The van der Waals surface area contributed by atoms with E-state index in [0.717, 1.165) is 12.1 Å². The SMILES string of the molecule is CCOc1cc(=O)c(C(=O)Nc2cccc(F)c2)nn1-c1ccc(F)cc1. The van der Waals surface area contributed by atoms with Crippen LogP contribution in [0.3, 0.4) is 0 Å². The van der Waals surface area contributed by atoms with Gasteiger partial charge in [0, 0.05) is 5.69 Å². The van der Waals surface area contributed by atoms with Crippen LogP contribution in [0.25, 0.3) is 5.69 Å². The average molecular weight is 371 g/mol. The summed E-state index contributed by atoms with van der Waals surface area (Å²) < 4.78 is 33.1. The number of hydrogen-bond acceptors (Lipinski definition) is 4. The highest BCUT2D eigenvalue weighted by molar-refractivity contribution is 6.02. The maximum Gasteiger partial charge on any atom is 0.280 e. The Morgan fingerprint density at radius 2 is 1.85 bits per heavy atom. The first-order valence-electron chi connectivity index (χ1n) is 8.08. The molecule has 0 fully saturated rings. The topological polar surface area (TPSA) is 73.2 Å². The van der Waals surface area contributed by atoms with Gasteiger partial charge in [-0.05, 0) is 49.4 Å². The zero-order valence-electron chi connectivity index (χ0n) is 14.3. The van der Waals surface area contributed by atoms with E-state index < -0.39 is 28.7 Å². The molecule has 0 aliphatic rings. The van der Waals surface area contributed by atoms with Crippen molar-refractivity contribution >= 4 is 11.6 Å². The van der Waals surface area contributed by atoms with Crippen LogP contribution in [0, 0.1) is 11.6 Å². The minimum absolute atomic E-state index is 0.108. The summed E-state index contributed by atoms with van der Waals surface area (Å²) in [6.07, 6.45) is 0. The van der Waals surface area contributed by atoms with Crippen LogP contribution in [-0.2, 0) is 0 Å². The Hall–Kier alpha value is -3.55. The standard InChI is InChI=1S/C19H15F2N3O3/c1-2-27-17-11-16(25)18(19(26)22-14-5-3-4-13(21)10-14)23-24(17)15-8-6-12(20)7-9-15/h3-11H,2H2,1H3,(H,22,26). The van der Waals surface area contributed by atoms with Crippen LogP contribution < -0.4 is 15.5 Å². The third kappa shape index (κ3) is 4.17. The molecule has 6 nitrogen and oxygen atoms in total. The summed E-state index contributed by atoms with van der Waals surface area (Å²) in [4.78, 5) is 24.7. The Morgan fingerprint density at radius 3 is 2.52 bits per heavy atom. The second-order valence-corrected chi connectivity index (χ2v) is 5.48. The molecule has 0 unspecified atom stereocenters. The zero-order chi connectivity index (χ0) is 19.4. The monoisotopic (exact) mass is 371 g/mol. The summed E-state index contributed by atoms with van der Waals surface area (Å²) in [6.45, 7) is 1.99. The first-order valence-corrected chi connectivity index (χ1v) is 8.08. The van der Waals surface area contributed by atoms with Gasteiger partial charge < -0.3 is 10.1 Å². The number of hydrogen-bond donors (Lipinski definition) is 1. The van der Waals surface area contributed by atoms with Crippen LogP contribution >= 0.6 is 0 Å². The van der Waals surface area contributed by atoms with E-state index >= 15 is 0 Å². The van der Waals surface area contributed by atoms with Crippen molar-refractivity contribution in [1.82, 2.24) is 9.78 Å². The van der Waals surface area contributed by atoms with Crippen LogP contribution in [0.4, 0.5) is 14.5 Å². The fourth-order valence-corrected chi connectivity index (χ4v) is 2.37. The predicted molar refractivity (Wildman–Crippen MR) is 95.3 cm³/mol. The molecule has 27 heavy (non-hydrogen) atoms. The number of anilines is 1. The maximum atomic E-state index is 13.3. The molecule has 0 aliphatic carbocycles. The van der Waals surface area contributed by atoms with Gasteiger partial charge in [0.25, 0.3) is 5.91 Å². The van der Waals surface area contributed by atoms with Crippen LogP contribution in [0.2, 0.25) is 0 Å². The van der Waals surface area contributed by atoms with Crippen molar-refractivity contribution in [2.75, 3.05) is 11.9 Å². The van der Waals surface area contributed by atoms with Crippen LogP contribution in [0.1, 0.15) is 17.4 Å². The summed E-state index contributed by atoms with van der Waals surface area (Å²) in [5, 5.41) is 6.48. The highest BCUT2D eigenvalue weighted by Gasteiger charge is 2.18. The van der Waals surface area contributed by atoms with E-state index in [0.29, 0.717) is 5.69 Å². The van der Waals surface area contributed by atoms with Gasteiger partial charge in [-0.15, -0.1) is 0 Å². The Morgan fingerprint density at radius 1 is 1.11 bits per heavy atom. The first kappa shape index (κ1) is 18.2. The van der Waals surface area contributed by atoms with Crippen molar-refractivity contribution in [3.63, 3.8) is 0 Å². The number of ether oxygens (including phenoxy) is 1. The number of rotatable bonds is 5. The largest absolute Gasteiger partial charge is 0.478 e. The number of nitrogens with one attached hydrogen (secondary N) is 1. The molecule has 138 valence electrons. The van der Waals surface area contributed by atoms with E-state index in [-0.39, 0.29) is 18.2 Å². The number of nitrogens with zero attached hydrogens (tertiary/aromatic N) is 2. The molecule has 0 radical (unpaired) electrons. The second kappa shape index (κ2) is 7.77. The Bertz CT molecular complexity index is 1030. The van der Waals surface area contributed by atoms with Crippen LogP contribution in [-0.4, -0.2) is 22.3 Å². The van der Waals surface area contributed by atoms with E-state index in [9.17, 15) is 18.4 Å². The van der Waals surface area contributed by atoms with Crippen molar-refractivity contribution in [2.24, 2.45) is 0 Å². The number of aromatic nitrogens is 2. The van der Waals surface area contributed by atoms with Crippen molar-refractivity contribution in [2.45, 2.75) is 6.92 Å². The Labute approximate surface area is 153 Å². The molecule has 1 N–H and O–H groups in total. The van der Waals surface area contributed by atoms with E-state index in [1.165, 1.54) is 47.1 Å². The van der Waals surface area contributed by atoms with E-state index in [2.05, 4.69) is 10.4 Å². The van der Waals surface area contributed by atoms with E-state index in [4.69, 9.17) is 4.74 Å². The molecule has 3 rings (SSSR count). The molecule has 0 saturated heterocycles. The smallest absolute Gasteiger partial charge is 0.280 e. The summed E-state index contributed by atoms with van der Waals surface area (Å²) in [5.41, 5.74) is -0.485. The van der Waals surface area contributed by atoms with E-state index in [1.807, 2.05) is 0 Å². The average Bonchev–Trinajstić information content (AvgIpc) is 2.63. The Kier molecular flexibility index (Phi) is 5.25. The van der Waals surface area contributed by atoms with Gasteiger partial charge in [0.1, 0.15) is 11.6 Å². The van der Waals surface area contributed by atoms with Gasteiger partial charge in [0.2, 0.25) is 11.3 Å². The molecule has 0 spiro atoms. The molecule has 3 aromatic rings. The first-order chi connectivity index (χ1) is 13.0. The van der Waals surface area contributed by atoms with Crippen LogP contribution in [0.15, 0.2) is 59.4 Å². The van der Waals surface area contributed by atoms with Gasteiger partial charge >= 0.3 is 0 Å². The lowest BCUT2D eigenvalue weighted by molar-refractivity contribution is 0.101. The minimum atomic E-state index is -0.801. The van der Waals surface area contributed by atoms with Gasteiger partial charge in [-0.1, -0.05) is 6.07 Å². The highest BCUT2D eigenvalue weighted by atomic mass is 19.1. The minimum Gasteiger partial charge on any atom is -0.478 e. The molecule has 8 heteroatoms. The second-order valence-electron chi connectivity index (χ2n) is 5.48. The molecule has 1 aromatic heterocycles. The molecular formula is C19H15F2N3O3. The lowest BCUT2D eigenvalue weighted by Gasteiger charge is -2.13. The van der Waals surface area contributed by atoms with Gasteiger partial charge in [-0.2, -0.15) is 5.10 Å². The number of halogens is 2. The summed E-state index contributed by atoms with van der Waals surface area (Å²) in [7, 11) is 0. The number of benzene rings is 2. The molecule has 0 saturated carbocycles. The van der Waals surface area contributed by atoms with Crippen molar-refractivity contribution in [1.29, 1.82) is 0 Å². The highest BCUT2D eigenvalue weighted by Crippen LogP contribution is 2.17. The number of amides is 1. The molecule has 1 amide bonds. The normalized spacial score (nSPS) is 10.5. The fraction of sp³-hybridized carbons (Fsp3) is 0.105. The number of carbonyl (C=O) groups is 1. The van der Waals surface area contributed by atoms with Gasteiger partial charge in [-0.25, -0.2) is 13.5 Å². The lowest BCUT2D eigenvalue weighted by atomic mass is 10.2. The molecule has 0 atom stereocenters. The third-order valence-corrected chi connectivity index (χ3v) is 3.56.